The van der Waals surface area contributed by atoms with Crippen molar-refractivity contribution in [2.45, 2.75) is 32.7 Å². The lowest BCUT2D eigenvalue weighted by Crippen LogP contribution is -2.35. The quantitative estimate of drug-likeness (QED) is 0.862. The van der Waals surface area contributed by atoms with E-state index in [1.54, 1.807) is 0 Å². The number of nitrogens with one attached hydrogen (secondary N) is 1. The van der Waals surface area contributed by atoms with Gasteiger partial charge in [-0.1, -0.05) is 29.8 Å². The summed E-state index contributed by atoms with van der Waals surface area (Å²) in [6.45, 7) is 5.61. The second-order valence-electron chi connectivity index (χ2n) is 6.10. The Balaban J connectivity index is 2.05. The Labute approximate surface area is 131 Å². The van der Waals surface area contributed by atoms with Gasteiger partial charge in [-0.25, -0.2) is 0 Å². The molecular weight excluding hydrogens is 278 g/mol. The molecule has 1 heterocycles. The largest absolute Gasteiger partial charge is 0.349 e. The van der Waals surface area contributed by atoms with Crippen LogP contribution in [-0.4, -0.2) is 36.3 Å². The molecule has 1 aromatic carbocycles. The molecule has 22 heavy (non-hydrogen) atoms. The van der Waals surface area contributed by atoms with Crippen LogP contribution in [0.25, 0.3) is 0 Å². The van der Waals surface area contributed by atoms with E-state index in [0.29, 0.717) is 18.9 Å². The van der Waals surface area contributed by atoms with Gasteiger partial charge in [0.25, 0.3) is 0 Å². The predicted octanol–water partition coefficient (Wildman–Crippen LogP) is 1.37. The second kappa shape index (κ2) is 7.40. The highest BCUT2D eigenvalue weighted by Gasteiger charge is 2.27. The topological polar surface area (TPSA) is 75.4 Å². The molecule has 1 aliphatic heterocycles. The Bertz CT molecular complexity index is 527. The van der Waals surface area contributed by atoms with Crippen molar-refractivity contribution < 1.29 is 9.59 Å². The zero-order chi connectivity index (χ0) is 16.1. The SMILES string of the molecule is CC(=O)NC(CC(=O)N1CCC(CN)C1)c1ccc(C)cc1. The summed E-state index contributed by atoms with van der Waals surface area (Å²) in [5.41, 5.74) is 7.79. The van der Waals surface area contributed by atoms with E-state index in [1.165, 1.54) is 6.92 Å². The highest BCUT2D eigenvalue weighted by Crippen LogP contribution is 2.22. The van der Waals surface area contributed by atoms with Gasteiger partial charge < -0.3 is 16.0 Å². The van der Waals surface area contributed by atoms with Crippen LogP contribution in [0.1, 0.15) is 36.9 Å². The summed E-state index contributed by atoms with van der Waals surface area (Å²) in [6.07, 6.45) is 1.26. The smallest absolute Gasteiger partial charge is 0.224 e. The van der Waals surface area contributed by atoms with Gasteiger partial charge in [0.05, 0.1) is 12.5 Å². The van der Waals surface area contributed by atoms with Crippen LogP contribution in [-0.2, 0) is 9.59 Å². The minimum absolute atomic E-state index is 0.0790. The number of carbonyl (C=O) groups excluding carboxylic acids is 2. The van der Waals surface area contributed by atoms with Crippen molar-refractivity contribution in [2.75, 3.05) is 19.6 Å². The molecule has 0 spiro atoms. The normalized spacial score (nSPS) is 19.0. The monoisotopic (exact) mass is 303 g/mol. The Morgan fingerprint density at radius 2 is 2.05 bits per heavy atom. The maximum Gasteiger partial charge on any atom is 0.224 e. The van der Waals surface area contributed by atoms with Crippen LogP contribution < -0.4 is 11.1 Å². The molecule has 2 rings (SSSR count). The highest BCUT2D eigenvalue weighted by atomic mass is 16.2. The third-order valence-electron chi connectivity index (χ3n) is 4.21. The third kappa shape index (κ3) is 4.31. The van der Waals surface area contributed by atoms with E-state index in [-0.39, 0.29) is 17.9 Å². The molecule has 3 N–H and O–H groups in total. The van der Waals surface area contributed by atoms with Crippen LogP contribution in [0.5, 0.6) is 0 Å². The molecule has 0 aliphatic carbocycles. The van der Waals surface area contributed by atoms with E-state index in [9.17, 15) is 9.59 Å². The van der Waals surface area contributed by atoms with Gasteiger partial charge in [-0.05, 0) is 31.4 Å². The Kier molecular flexibility index (Phi) is 5.55. The first-order chi connectivity index (χ1) is 10.5. The van der Waals surface area contributed by atoms with Gasteiger partial charge in [-0.15, -0.1) is 0 Å². The van der Waals surface area contributed by atoms with E-state index in [2.05, 4.69) is 5.32 Å². The standard InChI is InChI=1S/C17H25N3O2/c1-12-3-5-15(6-4-12)16(19-13(2)21)9-17(22)20-8-7-14(10-18)11-20/h3-6,14,16H,7-11,18H2,1-2H3,(H,19,21). The first-order valence-corrected chi connectivity index (χ1v) is 7.81. The van der Waals surface area contributed by atoms with Gasteiger partial charge in [0.15, 0.2) is 0 Å². The van der Waals surface area contributed by atoms with E-state index in [4.69, 9.17) is 5.73 Å². The summed E-state index contributed by atoms with van der Waals surface area (Å²) < 4.78 is 0. The third-order valence-corrected chi connectivity index (χ3v) is 4.21. The van der Waals surface area contributed by atoms with E-state index >= 15 is 0 Å². The number of hydrogen-bond donors (Lipinski definition) is 2. The zero-order valence-corrected chi connectivity index (χ0v) is 13.3. The predicted molar refractivity (Wildman–Crippen MR) is 86.1 cm³/mol. The number of hydrogen-bond acceptors (Lipinski definition) is 3. The van der Waals surface area contributed by atoms with Crippen molar-refractivity contribution in [2.24, 2.45) is 11.7 Å². The number of nitrogens with zero attached hydrogens (tertiary/aromatic N) is 1. The molecule has 1 fully saturated rings. The fraction of sp³-hybridized carbons (Fsp3) is 0.529. The van der Waals surface area contributed by atoms with Crippen LogP contribution in [0.3, 0.4) is 0 Å². The summed E-state index contributed by atoms with van der Waals surface area (Å²) in [5.74, 6) is 0.359. The fourth-order valence-electron chi connectivity index (χ4n) is 2.85. The molecule has 120 valence electrons. The Hall–Kier alpha value is -1.88. The van der Waals surface area contributed by atoms with E-state index < -0.39 is 0 Å². The van der Waals surface area contributed by atoms with Crippen molar-refractivity contribution >= 4 is 11.8 Å². The van der Waals surface area contributed by atoms with Crippen LogP contribution >= 0.6 is 0 Å². The summed E-state index contributed by atoms with van der Waals surface area (Å²) in [7, 11) is 0. The number of likely N-dealkylation sites (tertiary alicyclic amines) is 1. The maximum atomic E-state index is 12.5. The number of amides is 2. The van der Waals surface area contributed by atoms with Gasteiger partial charge >= 0.3 is 0 Å². The number of carbonyl (C=O) groups is 2. The minimum Gasteiger partial charge on any atom is -0.349 e. The van der Waals surface area contributed by atoms with Crippen LogP contribution in [0.4, 0.5) is 0 Å². The van der Waals surface area contributed by atoms with Gasteiger partial charge in [-0.3, -0.25) is 9.59 Å². The van der Waals surface area contributed by atoms with Crippen LogP contribution in [0.15, 0.2) is 24.3 Å². The summed E-state index contributed by atoms with van der Waals surface area (Å²) in [4.78, 5) is 25.8. The molecule has 5 nitrogen and oxygen atoms in total. The molecule has 0 bridgehead atoms. The fourth-order valence-corrected chi connectivity index (χ4v) is 2.85. The van der Waals surface area contributed by atoms with Crippen molar-refractivity contribution in [3.8, 4) is 0 Å². The first kappa shape index (κ1) is 16.5. The molecular formula is C17H25N3O2. The molecule has 1 aliphatic rings. The molecule has 0 aromatic heterocycles. The van der Waals surface area contributed by atoms with Crippen molar-refractivity contribution in [1.29, 1.82) is 0 Å². The van der Waals surface area contributed by atoms with Gasteiger partial charge in [-0.2, -0.15) is 0 Å². The van der Waals surface area contributed by atoms with E-state index in [1.807, 2.05) is 36.1 Å². The summed E-state index contributed by atoms with van der Waals surface area (Å²) >= 11 is 0. The van der Waals surface area contributed by atoms with Gasteiger partial charge in [0.1, 0.15) is 0 Å². The number of aryl methyl sites for hydroxylation is 1. The van der Waals surface area contributed by atoms with Crippen molar-refractivity contribution in [1.82, 2.24) is 10.2 Å². The van der Waals surface area contributed by atoms with Gasteiger partial charge in [0.2, 0.25) is 11.8 Å². The summed E-state index contributed by atoms with van der Waals surface area (Å²) in [6, 6.07) is 7.65. The molecule has 5 heteroatoms. The molecule has 1 aromatic rings. The lowest BCUT2D eigenvalue weighted by atomic mass is 10.0. The molecule has 0 radical (unpaired) electrons. The molecule has 2 atom stereocenters. The average Bonchev–Trinajstić information content (AvgIpc) is 2.96. The van der Waals surface area contributed by atoms with Crippen LogP contribution in [0.2, 0.25) is 0 Å². The number of nitrogens with two attached hydrogens (primary N) is 1. The lowest BCUT2D eigenvalue weighted by molar-refractivity contribution is -0.131. The molecule has 2 amide bonds. The first-order valence-electron chi connectivity index (χ1n) is 7.81. The van der Waals surface area contributed by atoms with Crippen LogP contribution in [0, 0.1) is 12.8 Å². The number of benzene rings is 1. The summed E-state index contributed by atoms with van der Waals surface area (Å²) in [5, 5.41) is 2.88. The van der Waals surface area contributed by atoms with Crippen molar-refractivity contribution in [3.05, 3.63) is 35.4 Å². The molecule has 2 unspecified atom stereocenters. The number of rotatable bonds is 5. The second-order valence-corrected chi connectivity index (χ2v) is 6.10. The average molecular weight is 303 g/mol. The lowest BCUT2D eigenvalue weighted by Gasteiger charge is -2.22. The molecule has 1 saturated heterocycles. The molecule has 0 saturated carbocycles. The van der Waals surface area contributed by atoms with E-state index in [0.717, 1.165) is 30.6 Å². The Morgan fingerprint density at radius 3 is 2.59 bits per heavy atom. The van der Waals surface area contributed by atoms with Crippen molar-refractivity contribution in [3.63, 3.8) is 0 Å². The zero-order valence-electron chi connectivity index (χ0n) is 13.3. The Morgan fingerprint density at radius 1 is 1.36 bits per heavy atom. The maximum absolute atomic E-state index is 12.5. The highest BCUT2D eigenvalue weighted by molar-refractivity contribution is 5.79. The van der Waals surface area contributed by atoms with Gasteiger partial charge in [0, 0.05) is 20.0 Å². The minimum atomic E-state index is -0.275.